The average Bonchev–Trinajstić information content (AvgIpc) is 3.23. The van der Waals surface area contributed by atoms with Gasteiger partial charge in [0, 0.05) is 18.1 Å². The van der Waals surface area contributed by atoms with E-state index < -0.39 is 11.8 Å². The first-order valence-electron chi connectivity index (χ1n) is 9.26. The molecule has 2 aliphatic rings. The second-order valence-electron chi connectivity index (χ2n) is 7.32. The van der Waals surface area contributed by atoms with Crippen molar-refractivity contribution in [3.05, 3.63) is 65.4 Å². The summed E-state index contributed by atoms with van der Waals surface area (Å²) in [5.41, 5.74) is 4.23. The molecule has 1 aromatic heterocycles. The lowest BCUT2D eigenvalue weighted by Gasteiger charge is -2.21. The van der Waals surface area contributed by atoms with Gasteiger partial charge in [-0.1, -0.05) is 18.2 Å². The third-order valence-electron chi connectivity index (χ3n) is 5.76. The smallest absolute Gasteiger partial charge is 0.235 e. The first-order valence-corrected chi connectivity index (χ1v) is 9.26. The van der Waals surface area contributed by atoms with Gasteiger partial charge in [0.05, 0.1) is 24.5 Å². The van der Waals surface area contributed by atoms with Crippen molar-refractivity contribution < 1.29 is 14.3 Å². The zero-order chi connectivity index (χ0) is 18.5. The maximum absolute atomic E-state index is 12.7. The summed E-state index contributed by atoms with van der Waals surface area (Å²) < 4.78 is 7.58. The van der Waals surface area contributed by atoms with Crippen LogP contribution in [-0.4, -0.2) is 23.5 Å². The molecule has 2 atom stereocenters. The zero-order valence-electron chi connectivity index (χ0n) is 15.1. The van der Waals surface area contributed by atoms with E-state index in [9.17, 15) is 9.59 Å². The fourth-order valence-corrected chi connectivity index (χ4v) is 4.57. The molecule has 0 spiro atoms. The Labute approximate surface area is 156 Å². The summed E-state index contributed by atoms with van der Waals surface area (Å²) >= 11 is 0. The fraction of sp³-hybridized carbons (Fsp3) is 0.273. The van der Waals surface area contributed by atoms with Crippen LogP contribution in [0.1, 0.15) is 34.9 Å². The van der Waals surface area contributed by atoms with Crippen molar-refractivity contribution in [3.8, 4) is 5.75 Å². The average molecular weight is 360 g/mol. The second kappa shape index (κ2) is 5.98. The molecule has 2 amide bonds. The van der Waals surface area contributed by atoms with Gasteiger partial charge in [-0.3, -0.25) is 14.9 Å². The van der Waals surface area contributed by atoms with Crippen molar-refractivity contribution in [1.82, 2.24) is 9.88 Å². The Hall–Kier alpha value is -3.08. The minimum Gasteiger partial charge on any atom is -0.497 e. The Balaban J connectivity index is 1.65. The molecule has 5 heteroatoms. The number of nitrogens with one attached hydrogen (secondary N) is 1. The Morgan fingerprint density at radius 2 is 1.85 bits per heavy atom. The third-order valence-corrected chi connectivity index (χ3v) is 5.76. The number of hydrogen-bond acceptors (Lipinski definition) is 3. The molecule has 5 rings (SSSR count). The summed E-state index contributed by atoms with van der Waals surface area (Å²) in [4.78, 5) is 25.3. The number of methoxy groups -OCH3 is 1. The van der Waals surface area contributed by atoms with Crippen molar-refractivity contribution in [2.24, 2.45) is 0 Å². The highest BCUT2D eigenvalue weighted by atomic mass is 16.5. The molecule has 0 radical (unpaired) electrons. The lowest BCUT2D eigenvalue weighted by atomic mass is 9.82. The Morgan fingerprint density at radius 3 is 2.67 bits per heavy atom. The van der Waals surface area contributed by atoms with Gasteiger partial charge in [-0.25, -0.2) is 0 Å². The quantitative estimate of drug-likeness (QED) is 0.730. The minimum atomic E-state index is -0.539. The molecule has 0 saturated carbocycles. The van der Waals surface area contributed by atoms with Crippen LogP contribution in [0.3, 0.4) is 0 Å². The SMILES string of the molecule is COc1cccc([C@H]2C(=O)NC(=O)[C@@H]2c2cc3c4c(ccn4CCC3)c2)c1. The summed E-state index contributed by atoms with van der Waals surface area (Å²) in [6.45, 7) is 1.03. The number of carbonyl (C=O) groups is 2. The van der Waals surface area contributed by atoms with E-state index in [4.69, 9.17) is 4.74 Å². The van der Waals surface area contributed by atoms with E-state index >= 15 is 0 Å². The Morgan fingerprint density at radius 1 is 1.04 bits per heavy atom. The summed E-state index contributed by atoms with van der Waals surface area (Å²) in [5, 5.41) is 3.67. The number of nitrogens with zero attached hydrogens (tertiary/aromatic N) is 1. The minimum absolute atomic E-state index is 0.227. The van der Waals surface area contributed by atoms with Crippen LogP contribution in [0, 0.1) is 0 Å². The first kappa shape index (κ1) is 16.1. The van der Waals surface area contributed by atoms with E-state index in [1.165, 1.54) is 11.1 Å². The molecule has 0 aliphatic carbocycles. The van der Waals surface area contributed by atoms with Gasteiger partial charge in [-0.15, -0.1) is 0 Å². The molecule has 136 valence electrons. The fourth-order valence-electron chi connectivity index (χ4n) is 4.57. The number of carbonyl (C=O) groups excluding carboxylic acids is 2. The van der Waals surface area contributed by atoms with E-state index in [-0.39, 0.29) is 11.8 Å². The van der Waals surface area contributed by atoms with Gasteiger partial charge in [0.25, 0.3) is 0 Å². The highest BCUT2D eigenvalue weighted by molar-refractivity contribution is 6.10. The molecule has 2 aromatic carbocycles. The number of aryl methyl sites for hydroxylation is 2. The van der Waals surface area contributed by atoms with Crippen LogP contribution in [-0.2, 0) is 22.6 Å². The highest BCUT2D eigenvalue weighted by Gasteiger charge is 2.44. The molecule has 0 bridgehead atoms. The van der Waals surface area contributed by atoms with Gasteiger partial charge < -0.3 is 9.30 Å². The van der Waals surface area contributed by atoms with E-state index in [0.29, 0.717) is 5.75 Å². The molecule has 1 saturated heterocycles. The van der Waals surface area contributed by atoms with E-state index in [0.717, 1.165) is 35.9 Å². The molecule has 1 N–H and O–H groups in total. The summed E-state index contributed by atoms with van der Waals surface area (Å²) in [6, 6.07) is 13.7. The summed E-state index contributed by atoms with van der Waals surface area (Å²) in [6.07, 6.45) is 4.20. The molecule has 1 fully saturated rings. The van der Waals surface area contributed by atoms with Gasteiger partial charge in [0.2, 0.25) is 11.8 Å². The van der Waals surface area contributed by atoms with Gasteiger partial charge in [0.1, 0.15) is 5.75 Å². The second-order valence-corrected chi connectivity index (χ2v) is 7.32. The third kappa shape index (κ3) is 2.46. The van der Waals surface area contributed by atoms with Crippen molar-refractivity contribution in [2.45, 2.75) is 31.2 Å². The maximum atomic E-state index is 12.7. The van der Waals surface area contributed by atoms with Gasteiger partial charge in [-0.05, 0) is 53.8 Å². The summed E-state index contributed by atoms with van der Waals surface area (Å²) in [7, 11) is 1.60. The van der Waals surface area contributed by atoms with Crippen molar-refractivity contribution in [1.29, 1.82) is 0 Å². The molecule has 0 unspecified atom stereocenters. The predicted octanol–water partition coefficient (Wildman–Crippen LogP) is 3.12. The number of rotatable bonds is 3. The summed E-state index contributed by atoms with van der Waals surface area (Å²) in [5.74, 6) is -0.848. The monoisotopic (exact) mass is 360 g/mol. The van der Waals surface area contributed by atoms with Gasteiger partial charge in [0.15, 0.2) is 0 Å². The molecular formula is C22H20N2O3. The van der Waals surface area contributed by atoms with Crippen LogP contribution in [0.2, 0.25) is 0 Å². The van der Waals surface area contributed by atoms with Crippen molar-refractivity contribution in [3.63, 3.8) is 0 Å². The van der Waals surface area contributed by atoms with Crippen LogP contribution >= 0.6 is 0 Å². The number of benzene rings is 2. The van der Waals surface area contributed by atoms with E-state index in [1.807, 2.05) is 24.3 Å². The zero-order valence-corrected chi connectivity index (χ0v) is 15.1. The lowest BCUT2D eigenvalue weighted by molar-refractivity contribution is -0.125. The Kier molecular flexibility index (Phi) is 3.57. The number of ether oxygens (including phenoxy) is 1. The maximum Gasteiger partial charge on any atom is 0.235 e. The number of imide groups is 1. The standard InChI is InChI=1S/C22H20N2O3/c1-27-17-6-2-4-13(12-17)18-19(22(26)23-21(18)25)16-10-14-5-3-8-24-9-7-15(11-16)20(14)24/h2,4,6-7,9-12,18-19H,3,5,8H2,1H3,(H,23,25,26)/t18-,19-/m1/s1. The molecule has 3 aromatic rings. The topological polar surface area (TPSA) is 60.3 Å². The molecule has 5 nitrogen and oxygen atoms in total. The normalized spacial score (nSPS) is 21.5. The molecule has 2 aliphatic heterocycles. The van der Waals surface area contributed by atoms with Crippen molar-refractivity contribution >= 4 is 22.7 Å². The van der Waals surface area contributed by atoms with Crippen molar-refractivity contribution in [2.75, 3.05) is 7.11 Å². The van der Waals surface area contributed by atoms with E-state index in [2.05, 4.69) is 34.3 Å². The first-order chi connectivity index (χ1) is 13.2. The van der Waals surface area contributed by atoms with Crippen LogP contribution in [0.25, 0.3) is 10.9 Å². The molecule has 27 heavy (non-hydrogen) atoms. The largest absolute Gasteiger partial charge is 0.497 e. The number of aromatic nitrogens is 1. The number of hydrogen-bond donors (Lipinski definition) is 1. The van der Waals surface area contributed by atoms with Crippen LogP contribution in [0.15, 0.2) is 48.7 Å². The van der Waals surface area contributed by atoms with Gasteiger partial charge in [-0.2, -0.15) is 0 Å². The van der Waals surface area contributed by atoms with Crippen LogP contribution in [0.4, 0.5) is 0 Å². The molecule has 3 heterocycles. The van der Waals surface area contributed by atoms with Crippen LogP contribution in [0.5, 0.6) is 5.75 Å². The predicted molar refractivity (Wildman–Crippen MR) is 102 cm³/mol. The lowest BCUT2D eigenvalue weighted by Crippen LogP contribution is -2.21. The molecular weight excluding hydrogens is 340 g/mol. The van der Waals surface area contributed by atoms with Gasteiger partial charge >= 0.3 is 0 Å². The highest BCUT2D eigenvalue weighted by Crippen LogP contribution is 2.41. The van der Waals surface area contributed by atoms with E-state index in [1.54, 1.807) is 7.11 Å². The van der Waals surface area contributed by atoms with Crippen LogP contribution < -0.4 is 10.1 Å². The Bertz CT molecular complexity index is 1080. The number of amides is 2.